The third-order valence-corrected chi connectivity index (χ3v) is 6.00. The molecule has 2 aliphatic carbocycles. The number of rotatable bonds is 2. The van der Waals surface area contributed by atoms with E-state index in [9.17, 15) is 0 Å². The van der Waals surface area contributed by atoms with Crippen LogP contribution in [0.5, 0.6) is 0 Å². The number of benzene rings is 1. The molecule has 20 heavy (non-hydrogen) atoms. The first-order valence-corrected chi connectivity index (χ1v) is 8.34. The van der Waals surface area contributed by atoms with Crippen LogP contribution in [0, 0.1) is 11.8 Å². The summed E-state index contributed by atoms with van der Waals surface area (Å²) in [4.78, 5) is 0. The molecule has 0 spiro atoms. The third kappa shape index (κ3) is 2.41. The average molecular weight is 271 g/mol. The quantitative estimate of drug-likeness (QED) is 0.813. The Morgan fingerprint density at radius 2 is 1.80 bits per heavy atom. The van der Waals surface area contributed by atoms with Crippen molar-refractivity contribution in [3.63, 3.8) is 0 Å². The number of hydrogen-bond donors (Lipinski definition) is 1. The SMILES string of the molecule is CC1CCC(NC2CCC(C)(C)c3ccccc32)C1C. The van der Waals surface area contributed by atoms with Gasteiger partial charge in [0.1, 0.15) is 0 Å². The lowest BCUT2D eigenvalue weighted by Crippen LogP contribution is -2.39. The second-order valence-corrected chi connectivity index (χ2v) is 7.75. The first-order valence-electron chi connectivity index (χ1n) is 8.34. The van der Waals surface area contributed by atoms with E-state index in [1.807, 2.05) is 0 Å². The van der Waals surface area contributed by atoms with Gasteiger partial charge in [-0.3, -0.25) is 0 Å². The lowest BCUT2D eigenvalue weighted by atomic mass is 9.71. The molecule has 1 heteroatoms. The van der Waals surface area contributed by atoms with Crippen LogP contribution in [0.15, 0.2) is 24.3 Å². The van der Waals surface area contributed by atoms with Crippen molar-refractivity contribution in [3.05, 3.63) is 35.4 Å². The molecule has 1 N–H and O–H groups in total. The van der Waals surface area contributed by atoms with E-state index in [4.69, 9.17) is 0 Å². The summed E-state index contributed by atoms with van der Waals surface area (Å²) in [5.41, 5.74) is 3.45. The van der Waals surface area contributed by atoms with Crippen molar-refractivity contribution in [2.75, 3.05) is 0 Å². The van der Waals surface area contributed by atoms with E-state index in [1.54, 1.807) is 11.1 Å². The summed E-state index contributed by atoms with van der Waals surface area (Å²) in [6.07, 6.45) is 5.31. The molecule has 0 aromatic heterocycles. The van der Waals surface area contributed by atoms with Crippen LogP contribution < -0.4 is 5.32 Å². The zero-order chi connectivity index (χ0) is 14.3. The van der Waals surface area contributed by atoms with E-state index in [2.05, 4.69) is 57.3 Å². The topological polar surface area (TPSA) is 12.0 Å². The third-order valence-electron chi connectivity index (χ3n) is 6.00. The van der Waals surface area contributed by atoms with Crippen molar-refractivity contribution >= 4 is 0 Å². The van der Waals surface area contributed by atoms with Gasteiger partial charge in [-0.25, -0.2) is 0 Å². The van der Waals surface area contributed by atoms with Crippen LogP contribution in [0.3, 0.4) is 0 Å². The molecule has 0 amide bonds. The Bertz CT molecular complexity index is 476. The van der Waals surface area contributed by atoms with Gasteiger partial charge in [0.25, 0.3) is 0 Å². The van der Waals surface area contributed by atoms with Gasteiger partial charge < -0.3 is 5.32 Å². The number of fused-ring (bicyclic) bond motifs is 1. The van der Waals surface area contributed by atoms with Crippen molar-refractivity contribution in [1.29, 1.82) is 0 Å². The molecule has 0 aliphatic heterocycles. The Balaban J connectivity index is 1.82. The van der Waals surface area contributed by atoms with E-state index in [-0.39, 0.29) is 0 Å². The molecule has 3 rings (SSSR count). The Morgan fingerprint density at radius 1 is 1.05 bits per heavy atom. The van der Waals surface area contributed by atoms with Gasteiger partial charge >= 0.3 is 0 Å². The molecule has 110 valence electrons. The van der Waals surface area contributed by atoms with Crippen molar-refractivity contribution in [1.82, 2.24) is 5.32 Å². The Hall–Kier alpha value is -0.820. The molecule has 0 bridgehead atoms. The first-order chi connectivity index (χ1) is 9.49. The normalized spacial score (nSPS) is 35.8. The van der Waals surface area contributed by atoms with E-state index < -0.39 is 0 Å². The second-order valence-electron chi connectivity index (χ2n) is 7.75. The Morgan fingerprint density at radius 3 is 2.50 bits per heavy atom. The van der Waals surface area contributed by atoms with Gasteiger partial charge in [-0.15, -0.1) is 0 Å². The monoisotopic (exact) mass is 271 g/mol. The van der Waals surface area contributed by atoms with Crippen LogP contribution in [-0.2, 0) is 5.41 Å². The van der Waals surface area contributed by atoms with Gasteiger partial charge in [0.05, 0.1) is 0 Å². The van der Waals surface area contributed by atoms with Gasteiger partial charge in [-0.1, -0.05) is 52.0 Å². The summed E-state index contributed by atoms with van der Waals surface area (Å²) in [7, 11) is 0. The molecular formula is C19H29N. The predicted molar refractivity (Wildman–Crippen MR) is 85.9 cm³/mol. The lowest BCUT2D eigenvalue weighted by molar-refractivity contribution is 0.295. The van der Waals surface area contributed by atoms with Crippen molar-refractivity contribution < 1.29 is 0 Å². The summed E-state index contributed by atoms with van der Waals surface area (Å²) < 4.78 is 0. The maximum Gasteiger partial charge on any atom is 0.0326 e. The molecule has 1 aromatic rings. The first kappa shape index (κ1) is 14.1. The van der Waals surface area contributed by atoms with E-state index >= 15 is 0 Å². The zero-order valence-corrected chi connectivity index (χ0v) is 13.4. The fourth-order valence-corrected chi connectivity index (χ4v) is 4.24. The second kappa shape index (κ2) is 5.18. The van der Waals surface area contributed by atoms with Crippen LogP contribution in [0.2, 0.25) is 0 Å². The van der Waals surface area contributed by atoms with Crippen LogP contribution in [-0.4, -0.2) is 6.04 Å². The Kier molecular flexibility index (Phi) is 3.66. The molecule has 4 atom stereocenters. The van der Waals surface area contributed by atoms with Gasteiger partial charge in [0, 0.05) is 12.1 Å². The fourth-order valence-electron chi connectivity index (χ4n) is 4.24. The molecule has 0 heterocycles. The fraction of sp³-hybridized carbons (Fsp3) is 0.684. The maximum atomic E-state index is 3.99. The number of hydrogen-bond acceptors (Lipinski definition) is 1. The van der Waals surface area contributed by atoms with Gasteiger partial charge in [0.2, 0.25) is 0 Å². The number of nitrogens with one attached hydrogen (secondary N) is 1. The minimum Gasteiger partial charge on any atom is -0.307 e. The van der Waals surface area contributed by atoms with Crippen LogP contribution >= 0.6 is 0 Å². The summed E-state index contributed by atoms with van der Waals surface area (Å²) in [6, 6.07) is 10.4. The zero-order valence-electron chi connectivity index (χ0n) is 13.4. The Labute approximate surface area is 124 Å². The van der Waals surface area contributed by atoms with Crippen LogP contribution in [0.4, 0.5) is 0 Å². The van der Waals surface area contributed by atoms with E-state index in [1.165, 1.54) is 25.7 Å². The summed E-state index contributed by atoms with van der Waals surface area (Å²) in [6.45, 7) is 9.61. The van der Waals surface area contributed by atoms with Gasteiger partial charge in [-0.05, 0) is 54.1 Å². The molecule has 0 radical (unpaired) electrons. The maximum absolute atomic E-state index is 3.99. The standard InChI is InChI=1S/C19H29N/c1-13-9-10-17(14(13)2)20-18-11-12-19(3,4)16-8-6-5-7-15(16)18/h5-8,13-14,17-18,20H,9-12H2,1-4H3. The predicted octanol–water partition coefficient (Wildman–Crippen LogP) is 4.82. The van der Waals surface area contributed by atoms with Crippen LogP contribution in [0.25, 0.3) is 0 Å². The average Bonchev–Trinajstić information content (AvgIpc) is 2.74. The highest BCUT2D eigenvalue weighted by molar-refractivity contribution is 5.38. The minimum absolute atomic E-state index is 0.337. The van der Waals surface area contributed by atoms with E-state index in [0.29, 0.717) is 17.5 Å². The molecule has 4 unspecified atom stereocenters. The largest absolute Gasteiger partial charge is 0.307 e. The molecule has 1 nitrogen and oxygen atoms in total. The smallest absolute Gasteiger partial charge is 0.0326 e. The molecule has 1 fully saturated rings. The summed E-state index contributed by atoms with van der Waals surface area (Å²) in [5, 5.41) is 3.99. The highest BCUT2D eigenvalue weighted by Gasteiger charge is 2.36. The van der Waals surface area contributed by atoms with Gasteiger partial charge in [0.15, 0.2) is 0 Å². The molecule has 2 aliphatic rings. The van der Waals surface area contributed by atoms with Gasteiger partial charge in [-0.2, -0.15) is 0 Å². The van der Waals surface area contributed by atoms with Crippen molar-refractivity contribution in [2.45, 2.75) is 70.9 Å². The summed E-state index contributed by atoms with van der Waals surface area (Å²) >= 11 is 0. The molecular weight excluding hydrogens is 242 g/mol. The highest BCUT2D eigenvalue weighted by atomic mass is 15.0. The minimum atomic E-state index is 0.337. The highest BCUT2D eigenvalue weighted by Crippen LogP contribution is 2.42. The summed E-state index contributed by atoms with van der Waals surface area (Å²) in [5.74, 6) is 1.69. The lowest BCUT2D eigenvalue weighted by Gasteiger charge is -2.39. The van der Waals surface area contributed by atoms with E-state index in [0.717, 1.165) is 11.8 Å². The molecule has 1 saturated carbocycles. The van der Waals surface area contributed by atoms with Crippen LogP contribution in [0.1, 0.15) is 70.5 Å². The molecule has 0 saturated heterocycles. The van der Waals surface area contributed by atoms with Crippen molar-refractivity contribution in [3.8, 4) is 0 Å². The van der Waals surface area contributed by atoms with Crippen molar-refractivity contribution in [2.24, 2.45) is 11.8 Å². The molecule has 1 aromatic carbocycles.